The Labute approximate surface area is 193 Å². The molecule has 0 aliphatic rings. The van der Waals surface area contributed by atoms with E-state index in [1.54, 1.807) is 41.2 Å². The Morgan fingerprint density at radius 1 is 1.00 bits per heavy atom. The number of para-hydroxylation sites is 1. The van der Waals surface area contributed by atoms with Crippen LogP contribution in [0.4, 0.5) is 5.69 Å². The zero-order chi connectivity index (χ0) is 22.6. The van der Waals surface area contributed by atoms with Gasteiger partial charge in [0.2, 0.25) is 5.78 Å². The molecule has 0 unspecified atom stereocenters. The average molecular weight is 455 g/mol. The maximum atomic E-state index is 12.8. The third-order valence-electron chi connectivity index (χ3n) is 4.95. The molecule has 2 aromatic carbocycles. The number of carbonyl (C=O) groups excluding carboxylic acids is 2. The lowest BCUT2D eigenvalue weighted by Crippen LogP contribution is -2.20. The molecular weight excluding hydrogens is 436 g/mol. The number of amides is 1. The number of benzene rings is 2. The van der Waals surface area contributed by atoms with Gasteiger partial charge in [0.05, 0.1) is 22.3 Å². The number of aromatic nitrogens is 3. The van der Waals surface area contributed by atoms with Gasteiger partial charge in [0.15, 0.2) is 12.3 Å². The molecule has 0 aliphatic carbocycles. The number of ether oxygens (including phenoxy) is 1. The highest BCUT2D eigenvalue weighted by Crippen LogP contribution is 2.25. The monoisotopic (exact) mass is 454 g/mol. The fraction of sp³-hybridized carbons (Fsp3) is 0.0400. The summed E-state index contributed by atoms with van der Waals surface area (Å²) in [4.78, 5) is 30.2. The fourth-order valence-corrected chi connectivity index (χ4v) is 4.11. The number of carbonyl (C=O) groups is 2. The predicted octanol–water partition coefficient (Wildman–Crippen LogP) is 4.71. The molecule has 0 saturated carbocycles. The SMILES string of the molecule is O=C(COc1ccccc1)Nc1cccc(-c2ccnc3c(C(=O)c4cccs4)cnn23)c1. The maximum absolute atomic E-state index is 12.8. The second kappa shape index (κ2) is 9.05. The van der Waals surface area contributed by atoms with Gasteiger partial charge >= 0.3 is 0 Å². The van der Waals surface area contributed by atoms with E-state index >= 15 is 0 Å². The highest BCUT2D eigenvalue weighted by atomic mass is 32.1. The Kier molecular flexibility index (Phi) is 5.65. The number of hydrogen-bond acceptors (Lipinski definition) is 6. The molecule has 1 N–H and O–H groups in total. The molecule has 0 saturated heterocycles. The van der Waals surface area contributed by atoms with E-state index in [0.717, 1.165) is 11.3 Å². The standard InChI is InChI=1S/C25H18N4O3S/c30-23(16-32-19-8-2-1-3-9-19)28-18-7-4-6-17(14-18)21-11-12-26-25-20(15-27-29(21)25)24(31)22-10-5-13-33-22/h1-15H,16H2,(H,28,30). The zero-order valence-corrected chi connectivity index (χ0v) is 18.2. The van der Waals surface area contributed by atoms with Gasteiger partial charge in [0, 0.05) is 17.4 Å². The molecule has 5 rings (SSSR count). The van der Waals surface area contributed by atoms with Gasteiger partial charge in [-0.25, -0.2) is 9.50 Å². The van der Waals surface area contributed by atoms with Crippen molar-refractivity contribution in [1.82, 2.24) is 14.6 Å². The third-order valence-corrected chi connectivity index (χ3v) is 5.81. The van der Waals surface area contributed by atoms with Gasteiger partial charge in [-0.15, -0.1) is 11.3 Å². The van der Waals surface area contributed by atoms with Crippen LogP contribution in [-0.4, -0.2) is 32.9 Å². The van der Waals surface area contributed by atoms with Crippen molar-refractivity contribution in [2.45, 2.75) is 0 Å². The summed E-state index contributed by atoms with van der Waals surface area (Å²) in [5, 5.41) is 9.12. The van der Waals surface area contributed by atoms with Gasteiger partial charge in [0.1, 0.15) is 5.75 Å². The maximum Gasteiger partial charge on any atom is 0.262 e. The van der Waals surface area contributed by atoms with Crippen molar-refractivity contribution in [2.24, 2.45) is 0 Å². The van der Waals surface area contributed by atoms with Crippen molar-refractivity contribution in [3.05, 3.63) is 101 Å². The zero-order valence-electron chi connectivity index (χ0n) is 17.3. The van der Waals surface area contributed by atoms with Crippen molar-refractivity contribution < 1.29 is 14.3 Å². The van der Waals surface area contributed by atoms with E-state index in [1.165, 1.54) is 11.3 Å². The summed E-state index contributed by atoms with van der Waals surface area (Å²) >= 11 is 1.38. The van der Waals surface area contributed by atoms with Gasteiger partial charge in [0.25, 0.3) is 5.91 Å². The van der Waals surface area contributed by atoms with Crippen LogP contribution in [0.25, 0.3) is 16.9 Å². The molecule has 0 fully saturated rings. The van der Waals surface area contributed by atoms with Crippen LogP contribution in [0.2, 0.25) is 0 Å². The molecule has 0 bridgehead atoms. The van der Waals surface area contributed by atoms with Crippen LogP contribution in [0, 0.1) is 0 Å². The third kappa shape index (κ3) is 4.37. The Bertz CT molecular complexity index is 1430. The number of fused-ring (bicyclic) bond motifs is 1. The smallest absolute Gasteiger partial charge is 0.262 e. The van der Waals surface area contributed by atoms with Crippen LogP contribution < -0.4 is 10.1 Å². The molecule has 162 valence electrons. The lowest BCUT2D eigenvalue weighted by atomic mass is 10.1. The average Bonchev–Trinajstić information content (AvgIpc) is 3.54. The quantitative estimate of drug-likeness (QED) is 0.360. The van der Waals surface area contributed by atoms with Gasteiger partial charge in [-0.3, -0.25) is 9.59 Å². The number of nitrogens with one attached hydrogen (secondary N) is 1. The van der Waals surface area contributed by atoms with E-state index < -0.39 is 0 Å². The second-order valence-corrected chi connectivity index (χ2v) is 8.11. The first-order chi connectivity index (χ1) is 16.2. The molecule has 0 spiro atoms. The Balaban J connectivity index is 1.38. The van der Waals surface area contributed by atoms with Crippen LogP contribution in [0.5, 0.6) is 5.75 Å². The van der Waals surface area contributed by atoms with Crippen molar-refractivity contribution in [2.75, 3.05) is 11.9 Å². The molecule has 5 aromatic rings. The van der Waals surface area contributed by atoms with E-state index in [4.69, 9.17) is 4.74 Å². The molecule has 33 heavy (non-hydrogen) atoms. The first kappa shape index (κ1) is 20.6. The number of thiophene rings is 1. The summed E-state index contributed by atoms with van der Waals surface area (Å²) in [6.45, 7) is -0.0961. The lowest BCUT2D eigenvalue weighted by molar-refractivity contribution is -0.118. The van der Waals surface area contributed by atoms with Crippen molar-refractivity contribution >= 4 is 34.4 Å². The molecule has 1 amide bonds. The van der Waals surface area contributed by atoms with Crippen LogP contribution >= 0.6 is 11.3 Å². The summed E-state index contributed by atoms with van der Waals surface area (Å²) in [6, 6.07) is 22.0. The van der Waals surface area contributed by atoms with Gasteiger partial charge < -0.3 is 10.1 Å². The topological polar surface area (TPSA) is 85.6 Å². The van der Waals surface area contributed by atoms with Crippen LogP contribution in [0.15, 0.2) is 90.6 Å². The predicted molar refractivity (Wildman–Crippen MR) is 127 cm³/mol. The first-order valence-corrected chi connectivity index (χ1v) is 11.1. The normalized spacial score (nSPS) is 10.8. The van der Waals surface area contributed by atoms with E-state index in [1.807, 2.05) is 53.9 Å². The Morgan fingerprint density at radius 2 is 1.88 bits per heavy atom. The number of ketones is 1. The Morgan fingerprint density at radius 3 is 2.70 bits per heavy atom. The molecule has 8 heteroatoms. The minimum atomic E-state index is -0.265. The molecule has 0 radical (unpaired) electrons. The number of hydrogen-bond donors (Lipinski definition) is 1. The molecule has 3 aromatic heterocycles. The summed E-state index contributed by atoms with van der Waals surface area (Å²) in [5.74, 6) is 0.259. The van der Waals surface area contributed by atoms with E-state index in [9.17, 15) is 9.59 Å². The second-order valence-electron chi connectivity index (χ2n) is 7.16. The minimum Gasteiger partial charge on any atom is -0.484 e. The highest BCUT2D eigenvalue weighted by Gasteiger charge is 2.18. The minimum absolute atomic E-state index is 0.0961. The van der Waals surface area contributed by atoms with E-state index in [2.05, 4.69) is 15.4 Å². The van der Waals surface area contributed by atoms with Crippen molar-refractivity contribution in [3.63, 3.8) is 0 Å². The first-order valence-electron chi connectivity index (χ1n) is 10.2. The highest BCUT2D eigenvalue weighted by molar-refractivity contribution is 7.12. The van der Waals surface area contributed by atoms with Gasteiger partial charge in [-0.1, -0.05) is 36.4 Å². The summed E-state index contributed by atoms with van der Waals surface area (Å²) in [6.07, 6.45) is 3.19. The van der Waals surface area contributed by atoms with Crippen LogP contribution in [-0.2, 0) is 4.79 Å². The Hall–Kier alpha value is -4.30. The summed E-state index contributed by atoms with van der Waals surface area (Å²) in [7, 11) is 0. The number of nitrogens with zero attached hydrogens (tertiary/aromatic N) is 3. The molecule has 7 nitrogen and oxygen atoms in total. The van der Waals surface area contributed by atoms with Gasteiger partial charge in [-0.2, -0.15) is 5.10 Å². The van der Waals surface area contributed by atoms with E-state index in [-0.39, 0.29) is 18.3 Å². The molecular formula is C25H18N4O3S. The van der Waals surface area contributed by atoms with Crippen LogP contribution in [0.1, 0.15) is 15.2 Å². The molecule has 0 atom stereocenters. The van der Waals surface area contributed by atoms with Crippen molar-refractivity contribution in [3.8, 4) is 17.0 Å². The van der Waals surface area contributed by atoms with Crippen LogP contribution in [0.3, 0.4) is 0 Å². The molecule has 0 aliphatic heterocycles. The fourth-order valence-electron chi connectivity index (χ4n) is 3.43. The largest absolute Gasteiger partial charge is 0.484 e. The lowest BCUT2D eigenvalue weighted by Gasteiger charge is -2.10. The summed E-state index contributed by atoms with van der Waals surface area (Å²) in [5.41, 5.74) is 3.13. The summed E-state index contributed by atoms with van der Waals surface area (Å²) < 4.78 is 7.14. The number of anilines is 1. The number of rotatable bonds is 7. The van der Waals surface area contributed by atoms with E-state index in [0.29, 0.717) is 27.5 Å². The van der Waals surface area contributed by atoms with Crippen molar-refractivity contribution in [1.29, 1.82) is 0 Å². The van der Waals surface area contributed by atoms with Gasteiger partial charge in [-0.05, 0) is 41.8 Å². The molecule has 3 heterocycles.